The van der Waals surface area contributed by atoms with Gasteiger partial charge in [0, 0.05) is 5.56 Å². The van der Waals surface area contributed by atoms with E-state index in [1.165, 1.54) is 25.7 Å². The summed E-state index contributed by atoms with van der Waals surface area (Å²) in [6.45, 7) is 3.36. The number of hydrogen-bond acceptors (Lipinski definition) is 2. The molecule has 3 atom stereocenters. The van der Waals surface area contributed by atoms with Crippen LogP contribution in [0.4, 0.5) is 0 Å². The normalized spacial score (nSPS) is 27.2. The zero-order chi connectivity index (χ0) is 13.9. The quantitative estimate of drug-likeness (QED) is 0.856. The average molecular weight is 269 g/mol. The monoisotopic (exact) mass is 269 g/mol. The standard InChI is InChI=1S/C18H23NO/c1-13-9-18(7-6-15(13)3-2-8-19)20-12-17-11-14-4-5-16(17)10-14/h6-7,9,14,16-17H,4-5,8,10-12,19H2,1H3. The molecule has 1 aromatic carbocycles. The van der Waals surface area contributed by atoms with Gasteiger partial charge in [0.25, 0.3) is 0 Å². The maximum Gasteiger partial charge on any atom is 0.119 e. The first-order valence-corrected chi connectivity index (χ1v) is 7.68. The van der Waals surface area contributed by atoms with Crippen molar-refractivity contribution in [3.8, 4) is 17.6 Å². The van der Waals surface area contributed by atoms with Crippen LogP contribution in [0.25, 0.3) is 0 Å². The van der Waals surface area contributed by atoms with E-state index >= 15 is 0 Å². The van der Waals surface area contributed by atoms with E-state index in [4.69, 9.17) is 10.5 Å². The first kappa shape index (κ1) is 13.5. The van der Waals surface area contributed by atoms with Crippen LogP contribution >= 0.6 is 0 Å². The number of hydrogen-bond donors (Lipinski definition) is 1. The Hall–Kier alpha value is -1.46. The molecule has 2 N–H and O–H groups in total. The molecule has 2 nitrogen and oxygen atoms in total. The summed E-state index contributed by atoms with van der Waals surface area (Å²) in [7, 11) is 0. The van der Waals surface area contributed by atoms with E-state index in [1.54, 1.807) is 0 Å². The van der Waals surface area contributed by atoms with Crippen molar-refractivity contribution in [2.45, 2.75) is 32.6 Å². The van der Waals surface area contributed by atoms with Crippen LogP contribution in [-0.2, 0) is 0 Å². The molecule has 2 heteroatoms. The predicted molar refractivity (Wildman–Crippen MR) is 81.5 cm³/mol. The average Bonchev–Trinajstić information content (AvgIpc) is 3.06. The van der Waals surface area contributed by atoms with E-state index in [0.29, 0.717) is 6.54 Å². The fraction of sp³-hybridized carbons (Fsp3) is 0.556. The van der Waals surface area contributed by atoms with Gasteiger partial charge in [0.05, 0.1) is 13.2 Å². The van der Waals surface area contributed by atoms with Gasteiger partial charge in [-0.1, -0.05) is 18.3 Å². The third kappa shape index (κ3) is 2.83. The Bertz CT molecular complexity index is 540. The highest BCUT2D eigenvalue weighted by atomic mass is 16.5. The first-order valence-electron chi connectivity index (χ1n) is 7.68. The molecule has 3 unspecified atom stereocenters. The molecule has 0 aromatic heterocycles. The molecular weight excluding hydrogens is 246 g/mol. The van der Waals surface area contributed by atoms with Crippen LogP contribution < -0.4 is 10.5 Å². The molecule has 2 fully saturated rings. The molecule has 106 valence electrons. The molecule has 2 aliphatic carbocycles. The van der Waals surface area contributed by atoms with Gasteiger partial charge in [-0.25, -0.2) is 0 Å². The van der Waals surface area contributed by atoms with Crippen LogP contribution in [-0.4, -0.2) is 13.2 Å². The Morgan fingerprint density at radius 2 is 2.20 bits per heavy atom. The zero-order valence-corrected chi connectivity index (χ0v) is 12.2. The Morgan fingerprint density at radius 3 is 2.85 bits per heavy atom. The third-order valence-corrected chi connectivity index (χ3v) is 4.87. The summed E-state index contributed by atoms with van der Waals surface area (Å²) in [4.78, 5) is 0. The summed E-state index contributed by atoms with van der Waals surface area (Å²) in [5.74, 6) is 9.66. The second kappa shape index (κ2) is 5.89. The van der Waals surface area contributed by atoms with Crippen molar-refractivity contribution in [1.82, 2.24) is 0 Å². The summed E-state index contributed by atoms with van der Waals surface area (Å²) in [6.07, 6.45) is 5.70. The maximum atomic E-state index is 6.01. The molecule has 0 aliphatic heterocycles. The SMILES string of the molecule is Cc1cc(OCC2CC3CCC2C3)ccc1C#CCN. The Kier molecular flexibility index (Phi) is 3.98. The minimum Gasteiger partial charge on any atom is -0.493 e. The minimum atomic E-state index is 0.405. The zero-order valence-electron chi connectivity index (χ0n) is 12.2. The molecule has 20 heavy (non-hydrogen) atoms. The largest absolute Gasteiger partial charge is 0.493 e. The second-order valence-electron chi connectivity index (χ2n) is 6.23. The smallest absolute Gasteiger partial charge is 0.119 e. The Morgan fingerprint density at radius 1 is 1.30 bits per heavy atom. The lowest BCUT2D eigenvalue weighted by molar-refractivity contribution is 0.195. The van der Waals surface area contributed by atoms with Gasteiger partial charge < -0.3 is 10.5 Å². The molecule has 3 rings (SSSR count). The highest BCUT2D eigenvalue weighted by molar-refractivity contribution is 5.44. The van der Waals surface area contributed by atoms with Gasteiger partial charge in [0.2, 0.25) is 0 Å². The molecular formula is C18H23NO. The van der Waals surface area contributed by atoms with Crippen LogP contribution in [0.2, 0.25) is 0 Å². The molecule has 2 aliphatic rings. The lowest BCUT2D eigenvalue weighted by Gasteiger charge is -2.21. The molecule has 0 amide bonds. The molecule has 0 saturated heterocycles. The number of fused-ring (bicyclic) bond motifs is 2. The van der Waals surface area contributed by atoms with Crippen molar-refractivity contribution in [2.24, 2.45) is 23.5 Å². The van der Waals surface area contributed by atoms with E-state index in [9.17, 15) is 0 Å². The molecule has 2 saturated carbocycles. The van der Waals surface area contributed by atoms with Crippen LogP contribution in [0.15, 0.2) is 18.2 Å². The van der Waals surface area contributed by atoms with Crippen LogP contribution in [0.3, 0.4) is 0 Å². The summed E-state index contributed by atoms with van der Waals surface area (Å²) < 4.78 is 6.01. The maximum absolute atomic E-state index is 6.01. The molecule has 0 spiro atoms. The summed E-state index contributed by atoms with van der Waals surface area (Å²) in [5, 5.41) is 0. The van der Waals surface area contributed by atoms with E-state index in [1.807, 2.05) is 12.1 Å². The summed E-state index contributed by atoms with van der Waals surface area (Å²) in [6, 6.07) is 6.16. The highest BCUT2D eigenvalue weighted by Crippen LogP contribution is 2.48. The fourth-order valence-corrected chi connectivity index (χ4v) is 3.80. The van der Waals surface area contributed by atoms with Gasteiger partial charge in [-0.05, 0) is 67.7 Å². The lowest BCUT2D eigenvalue weighted by atomic mass is 9.89. The van der Waals surface area contributed by atoms with Crippen molar-refractivity contribution >= 4 is 0 Å². The Balaban J connectivity index is 1.59. The van der Waals surface area contributed by atoms with Gasteiger partial charge >= 0.3 is 0 Å². The van der Waals surface area contributed by atoms with Gasteiger partial charge in [0.1, 0.15) is 5.75 Å². The fourth-order valence-electron chi connectivity index (χ4n) is 3.80. The van der Waals surface area contributed by atoms with E-state index in [-0.39, 0.29) is 0 Å². The van der Waals surface area contributed by atoms with Crippen molar-refractivity contribution in [2.75, 3.05) is 13.2 Å². The highest BCUT2D eigenvalue weighted by Gasteiger charge is 2.39. The van der Waals surface area contributed by atoms with Gasteiger partial charge in [0.15, 0.2) is 0 Å². The van der Waals surface area contributed by atoms with Crippen molar-refractivity contribution < 1.29 is 4.74 Å². The van der Waals surface area contributed by atoms with Gasteiger partial charge in [-0.15, -0.1) is 0 Å². The Labute approximate surface area is 121 Å². The van der Waals surface area contributed by atoms with E-state index < -0.39 is 0 Å². The van der Waals surface area contributed by atoms with Gasteiger partial charge in [-0.2, -0.15) is 0 Å². The number of benzene rings is 1. The molecule has 1 aromatic rings. The van der Waals surface area contributed by atoms with E-state index in [2.05, 4.69) is 24.8 Å². The number of rotatable bonds is 3. The molecule has 2 bridgehead atoms. The van der Waals surface area contributed by atoms with Crippen LogP contribution in [0, 0.1) is 36.5 Å². The number of aryl methyl sites for hydroxylation is 1. The van der Waals surface area contributed by atoms with Crippen molar-refractivity contribution in [3.63, 3.8) is 0 Å². The molecule has 0 radical (unpaired) electrons. The number of nitrogens with two attached hydrogens (primary N) is 1. The summed E-state index contributed by atoms with van der Waals surface area (Å²) >= 11 is 0. The van der Waals surface area contributed by atoms with Crippen LogP contribution in [0.5, 0.6) is 5.75 Å². The van der Waals surface area contributed by atoms with Gasteiger partial charge in [-0.3, -0.25) is 0 Å². The van der Waals surface area contributed by atoms with Crippen molar-refractivity contribution in [1.29, 1.82) is 0 Å². The topological polar surface area (TPSA) is 35.2 Å². The molecule has 0 heterocycles. The van der Waals surface area contributed by atoms with E-state index in [0.717, 1.165) is 41.2 Å². The summed E-state index contributed by atoms with van der Waals surface area (Å²) in [5.41, 5.74) is 7.61. The second-order valence-corrected chi connectivity index (χ2v) is 6.23. The van der Waals surface area contributed by atoms with Crippen molar-refractivity contribution in [3.05, 3.63) is 29.3 Å². The predicted octanol–water partition coefficient (Wildman–Crippen LogP) is 3.12. The van der Waals surface area contributed by atoms with Crippen LogP contribution in [0.1, 0.15) is 36.8 Å². The first-order chi connectivity index (χ1) is 9.76. The lowest BCUT2D eigenvalue weighted by Crippen LogP contribution is -2.18. The third-order valence-electron chi connectivity index (χ3n) is 4.87. The minimum absolute atomic E-state index is 0.405. The number of ether oxygens (including phenoxy) is 1.